The number of pyridine rings is 1. The summed E-state index contributed by atoms with van der Waals surface area (Å²) in [5.41, 5.74) is 0.368. The summed E-state index contributed by atoms with van der Waals surface area (Å²) in [4.78, 5) is 28.7. The lowest BCUT2D eigenvalue weighted by molar-refractivity contribution is -0.149. The van der Waals surface area contributed by atoms with Crippen LogP contribution in [-0.4, -0.2) is 30.0 Å². The number of hydrogen-bond donors (Lipinski definition) is 1. The number of halogens is 1. The lowest BCUT2D eigenvalue weighted by Gasteiger charge is -2.27. The molecule has 1 heterocycles. The van der Waals surface area contributed by atoms with Crippen LogP contribution in [0.5, 0.6) is 11.6 Å². The van der Waals surface area contributed by atoms with E-state index in [1.807, 2.05) is 6.92 Å². The fourth-order valence-electron chi connectivity index (χ4n) is 3.48. The molecule has 1 N–H and O–H groups in total. The topological polar surface area (TPSA) is 77.5 Å². The van der Waals surface area contributed by atoms with E-state index in [0.717, 1.165) is 25.7 Å². The third-order valence-electron chi connectivity index (χ3n) is 5.04. The molecule has 154 valence electrons. The highest BCUT2D eigenvalue weighted by Gasteiger charge is 2.27. The van der Waals surface area contributed by atoms with E-state index in [0.29, 0.717) is 35.4 Å². The fourth-order valence-corrected chi connectivity index (χ4v) is 3.66. The van der Waals surface area contributed by atoms with Crippen LogP contribution in [0, 0.1) is 11.8 Å². The van der Waals surface area contributed by atoms with Crippen LogP contribution in [0.4, 0.5) is 0 Å². The average molecular weight is 417 g/mol. The second kappa shape index (κ2) is 10.3. The van der Waals surface area contributed by atoms with Gasteiger partial charge in [-0.15, -0.1) is 0 Å². The van der Waals surface area contributed by atoms with Gasteiger partial charge >= 0.3 is 5.97 Å². The number of rotatable bonds is 7. The molecule has 0 radical (unpaired) electrons. The minimum absolute atomic E-state index is 0.0158. The molecule has 29 heavy (non-hydrogen) atoms. The summed E-state index contributed by atoms with van der Waals surface area (Å²) in [6.45, 7) is 2.79. The minimum atomic E-state index is -0.234. The molecule has 0 saturated heterocycles. The van der Waals surface area contributed by atoms with Gasteiger partial charge in [0.1, 0.15) is 11.3 Å². The molecular formula is C22H25ClN2O4. The quantitative estimate of drug-likeness (QED) is 0.666. The first-order valence-corrected chi connectivity index (χ1v) is 10.3. The molecule has 1 aliphatic carbocycles. The van der Waals surface area contributed by atoms with Crippen molar-refractivity contribution >= 4 is 23.5 Å². The fraction of sp³-hybridized carbons (Fsp3) is 0.409. The Hall–Kier alpha value is -2.60. The number of aromatic nitrogens is 1. The Balaban J connectivity index is 1.55. The summed E-state index contributed by atoms with van der Waals surface area (Å²) in [5, 5.41) is 3.52. The van der Waals surface area contributed by atoms with Gasteiger partial charge in [-0.05, 0) is 68.9 Å². The summed E-state index contributed by atoms with van der Waals surface area (Å²) in [6, 6.07) is 10.3. The average Bonchev–Trinajstić information content (AvgIpc) is 2.73. The van der Waals surface area contributed by atoms with Crippen LogP contribution in [0.15, 0.2) is 42.6 Å². The van der Waals surface area contributed by atoms with E-state index in [4.69, 9.17) is 21.1 Å². The first-order chi connectivity index (χ1) is 14.1. The summed E-state index contributed by atoms with van der Waals surface area (Å²) >= 11 is 5.99. The van der Waals surface area contributed by atoms with E-state index < -0.39 is 0 Å². The van der Waals surface area contributed by atoms with Crippen molar-refractivity contribution in [3.8, 4) is 11.6 Å². The van der Waals surface area contributed by atoms with Crippen molar-refractivity contribution in [2.24, 2.45) is 11.8 Å². The van der Waals surface area contributed by atoms with Gasteiger partial charge in [0.25, 0.3) is 5.91 Å². The molecule has 3 rings (SSSR count). The maximum atomic E-state index is 12.7. The van der Waals surface area contributed by atoms with Crippen LogP contribution in [0.2, 0.25) is 5.02 Å². The van der Waals surface area contributed by atoms with Crippen molar-refractivity contribution < 1.29 is 19.1 Å². The van der Waals surface area contributed by atoms with Crippen molar-refractivity contribution in [3.05, 3.63) is 53.2 Å². The second-order valence-electron chi connectivity index (χ2n) is 7.10. The number of ether oxygens (including phenoxy) is 2. The molecule has 0 spiro atoms. The molecule has 0 atom stereocenters. The molecule has 0 unspecified atom stereocenters. The van der Waals surface area contributed by atoms with Gasteiger partial charge in [-0.1, -0.05) is 17.7 Å². The van der Waals surface area contributed by atoms with E-state index in [1.165, 1.54) is 0 Å². The van der Waals surface area contributed by atoms with E-state index in [2.05, 4.69) is 10.3 Å². The lowest BCUT2D eigenvalue weighted by Crippen LogP contribution is -2.33. The van der Waals surface area contributed by atoms with Gasteiger partial charge in [0.2, 0.25) is 5.88 Å². The molecule has 7 heteroatoms. The molecule has 0 aliphatic heterocycles. The SMILES string of the molecule is CCOC(=O)C1CCC(CNC(=O)c2cccnc2Oc2cccc(Cl)c2)CC1. The Morgan fingerprint density at radius 3 is 2.69 bits per heavy atom. The van der Waals surface area contributed by atoms with Crippen molar-refractivity contribution in [3.63, 3.8) is 0 Å². The predicted octanol–water partition coefficient (Wildman–Crippen LogP) is 4.63. The smallest absolute Gasteiger partial charge is 0.308 e. The zero-order valence-corrected chi connectivity index (χ0v) is 17.2. The molecule has 1 amide bonds. The predicted molar refractivity (Wildman–Crippen MR) is 110 cm³/mol. The number of carbonyl (C=O) groups excluding carboxylic acids is 2. The molecule has 1 aromatic carbocycles. The maximum absolute atomic E-state index is 12.7. The van der Waals surface area contributed by atoms with Crippen LogP contribution in [0.1, 0.15) is 43.0 Å². The highest BCUT2D eigenvalue weighted by molar-refractivity contribution is 6.30. The van der Waals surface area contributed by atoms with Gasteiger partial charge < -0.3 is 14.8 Å². The number of esters is 1. The van der Waals surface area contributed by atoms with Crippen molar-refractivity contribution in [2.45, 2.75) is 32.6 Å². The largest absolute Gasteiger partial charge is 0.466 e. The van der Waals surface area contributed by atoms with Crippen LogP contribution in [-0.2, 0) is 9.53 Å². The van der Waals surface area contributed by atoms with Gasteiger partial charge in [-0.2, -0.15) is 0 Å². The van der Waals surface area contributed by atoms with E-state index in [1.54, 1.807) is 42.6 Å². The molecular weight excluding hydrogens is 392 g/mol. The number of carbonyl (C=O) groups is 2. The Morgan fingerprint density at radius 2 is 1.97 bits per heavy atom. The Kier molecular flexibility index (Phi) is 7.47. The van der Waals surface area contributed by atoms with Gasteiger partial charge in [-0.25, -0.2) is 4.98 Å². The number of benzene rings is 1. The summed E-state index contributed by atoms with van der Waals surface area (Å²) < 4.78 is 10.9. The zero-order chi connectivity index (χ0) is 20.6. The summed E-state index contributed by atoms with van der Waals surface area (Å²) in [6.07, 6.45) is 4.96. The van der Waals surface area contributed by atoms with Crippen LogP contribution >= 0.6 is 11.6 Å². The van der Waals surface area contributed by atoms with Gasteiger partial charge in [0.15, 0.2) is 0 Å². The molecule has 1 aliphatic rings. The first kappa shape index (κ1) is 21.1. The third-order valence-corrected chi connectivity index (χ3v) is 5.28. The monoisotopic (exact) mass is 416 g/mol. The molecule has 1 fully saturated rings. The van der Waals surface area contributed by atoms with Gasteiger partial charge in [-0.3, -0.25) is 9.59 Å². The highest BCUT2D eigenvalue weighted by Crippen LogP contribution is 2.30. The molecule has 2 aromatic rings. The van der Waals surface area contributed by atoms with Crippen LogP contribution in [0.3, 0.4) is 0 Å². The maximum Gasteiger partial charge on any atom is 0.308 e. The number of amides is 1. The Bertz CT molecular complexity index is 850. The molecule has 1 aromatic heterocycles. The van der Waals surface area contributed by atoms with Crippen molar-refractivity contribution in [2.75, 3.05) is 13.2 Å². The number of nitrogens with one attached hydrogen (secondary N) is 1. The highest BCUT2D eigenvalue weighted by atomic mass is 35.5. The third kappa shape index (κ3) is 5.94. The van der Waals surface area contributed by atoms with Crippen molar-refractivity contribution in [1.82, 2.24) is 10.3 Å². The van der Waals surface area contributed by atoms with Crippen LogP contribution < -0.4 is 10.1 Å². The Labute approximate surface area is 175 Å². The van der Waals surface area contributed by atoms with E-state index >= 15 is 0 Å². The van der Waals surface area contributed by atoms with E-state index in [9.17, 15) is 9.59 Å². The lowest BCUT2D eigenvalue weighted by atomic mass is 9.82. The first-order valence-electron chi connectivity index (χ1n) is 9.90. The minimum Gasteiger partial charge on any atom is -0.466 e. The van der Waals surface area contributed by atoms with E-state index in [-0.39, 0.29) is 23.7 Å². The summed E-state index contributed by atoms with van der Waals surface area (Å²) in [5.74, 6) is 0.744. The summed E-state index contributed by atoms with van der Waals surface area (Å²) in [7, 11) is 0. The zero-order valence-electron chi connectivity index (χ0n) is 16.4. The van der Waals surface area contributed by atoms with Crippen LogP contribution in [0.25, 0.3) is 0 Å². The second-order valence-corrected chi connectivity index (χ2v) is 7.53. The number of nitrogens with zero attached hydrogens (tertiary/aromatic N) is 1. The number of hydrogen-bond acceptors (Lipinski definition) is 5. The molecule has 1 saturated carbocycles. The Morgan fingerprint density at radius 1 is 1.17 bits per heavy atom. The standard InChI is InChI=1S/C22H25ClN2O4/c1-2-28-22(27)16-10-8-15(9-11-16)14-25-20(26)19-7-4-12-24-21(19)29-18-6-3-5-17(23)13-18/h3-7,12-13,15-16H,2,8-11,14H2,1H3,(H,25,26). The van der Waals surface area contributed by atoms with Gasteiger partial charge in [0, 0.05) is 17.8 Å². The molecule has 0 bridgehead atoms. The molecule has 6 nitrogen and oxygen atoms in total. The normalized spacial score (nSPS) is 18.7. The van der Waals surface area contributed by atoms with Crippen molar-refractivity contribution in [1.29, 1.82) is 0 Å². The van der Waals surface area contributed by atoms with Gasteiger partial charge in [0.05, 0.1) is 12.5 Å².